The van der Waals surface area contributed by atoms with E-state index in [-0.39, 0.29) is 6.10 Å². The molecule has 1 N–H and O–H groups in total. The summed E-state index contributed by atoms with van der Waals surface area (Å²) in [6.07, 6.45) is 2.26. The van der Waals surface area contributed by atoms with Crippen molar-refractivity contribution in [2.45, 2.75) is 25.5 Å². The average molecular weight is 339 g/mol. The number of rotatable bonds is 4. The fourth-order valence-corrected chi connectivity index (χ4v) is 3.72. The van der Waals surface area contributed by atoms with Crippen LogP contribution in [0.15, 0.2) is 48.5 Å². The van der Waals surface area contributed by atoms with Crippen molar-refractivity contribution in [1.82, 2.24) is 4.90 Å². The zero-order valence-corrected chi connectivity index (χ0v) is 14.4. The molecule has 0 spiro atoms. The number of nitrogens with zero attached hydrogens (tertiary/aromatic N) is 1. The fourth-order valence-electron chi connectivity index (χ4n) is 3.72. The highest BCUT2D eigenvalue weighted by Gasteiger charge is 2.23. The molecule has 2 aromatic carbocycles. The van der Waals surface area contributed by atoms with E-state index in [0.29, 0.717) is 19.1 Å². The van der Waals surface area contributed by atoms with Gasteiger partial charge in [0.1, 0.15) is 6.61 Å². The molecule has 1 fully saturated rings. The number of ether oxygens (including phenoxy) is 2. The van der Waals surface area contributed by atoms with Crippen LogP contribution in [0.4, 0.5) is 0 Å². The summed E-state index contributed by atoms with van der Waals surface area (Å²) >= 11 is 0. The van der Waals surface area contributed by atoms with E-state index in [1.54, 1.807) is 0 Å². The van der Waals surface area contributed by atoms with Crippen LogP contribution >= 0.6 is 0 Å². The van der Waals surface area contributed by atoms with Crippen molar-refractivity contribution >= 4 is 0 Å². The number of likely N-dealkylation sites (tertiary alicyclic amines) is 1. The van der Waals surface area contributed by atoms with E-state index < -0.39 is 0 Å². The van der Waals surface area contributed by atoms with Gasteiger partial charge in [0.2, 0.25) is 0 Å². The van der Waals surface area contributed by atoms with Crippen LogP contribution in [0.25, 0.3) is 0 Å². The first-order chi connectivity index (χ1) is 12.3. The number of aliphatic hydroxyl groups excluding tert-OH is 1. The zero-order valence-electron chi connectivity index (χ0n) is 14.4. The summed E-state index contributed by atoms with van der Waals surface area (Å²) in [4.78, 5) is 2.44. The maximum absolute atomic E-state index is 9.37. The van der Waals surface area contributed by atoms with Crippen LogP contribution in [0.3, 0.4) is 0 Å². The van der Waals surface area contributed by atoms with Gasteiger partial charge < -0.3 is 14.6 Å². The smallest absolute Gasteiger partial charge is 0.162 e. The van der Waals surface area contributed by atoms with Crippen molar-refractivity contribution in [3.63, 3.8) is 0 Å². The van der Waals surface area contributed by atoms with Crippen molar-refractivity contribution in [2.75, 3.05) is 26.3 Å². The summed E-state index contributed by atoms with van der Waals surface area (Å²) < 4.78 is 11.9. The number of aliphatic hydroxyl groups is 1. The van der Waals surface area contributed by atoms with E-state index in [1.165, 1.54) is 12.0 Å². The van der Waals surface area contributed by atoms with Crippen molar-refractivity contribution < 1.29 is 14.6 Å². The van der Waals surface area contributed by atoms with Crippen molar-refractivity contribution in [1.29, 1.82) is 0 Å². The number of benzene rings is 2. The van der Waals surface area contributed by atoms with Crippen LogP contribution in [-0.4, -0.2) is 36.3 Å². The largest absolute Gasteiger partial charge is 0.485 e. The Kier molecular flexibility index (Phi) is 4.90. The summed E-state index contributed by atoms with van der Waals surface area (Å²) in [5.41, 5.74) is 2.45. The van der Waals surface area contributed by atoms with Gasteiger partial charge in [-0.1, -0.05) is 36.4 Å². The molecule has 132 valence electrons. The van der Waals surface area contributed by atoms with Gasteiger partial charge >= 0.3 is 0 Å². The Labute approximate surface area is 149 Å². The molecule has 0 aromatic heterocycles. The summed E-state index contributed by atoms with van der Waals surface area (Å²) in [6, 6.07) is 16.5. The lowest BCUT2D eigenvalue weighted by molar-refractivity contribution is 0.0912. The molecule has 0 saturated carbocycles. The lowest BCUT2D eigenvalue weighted by Crippen LogP contribution is -2.36. The zero-order chi connectivity index (χ0) is 17.1. The SMILES string of the molecule is OCC1CCCN(Cc2ccc(C3COc4ccccc4O3)cc2)C1. The second kappa shape index (κ2) is 7.46. The Morgan fingerprint density at radius 2 is 1.84 bits per heavy atom. The number of para-hydroxylation sites is 2. The summed E-state index contributed by atoms with van der Waals surface area (Å²) in [5.74, 6) is 2.06. The van der Waals surface area contributed by atoms with Crippen LogP contribution < -0.4 is 9.47 Å². The van der Waals surface area contributed by atoms with E-state index >= 15 is 0 Å². The molecule has 25 heavy (non-hydrogen) atoms. The molecule has 2 unspecified atom stereocenters. The highest BCUT2D eigenvalue weighted by molar-refractivity contribution is 5.41. The second-order valence-corrected chi connectivity index (χ2v) is 7.03. The molecule has 2 aromatic rings. The molecule has 4 heteroatoms. The topological polar surface area (TPSA) is 41.9 Å². The molecule has 4 rings (SSSR count). The fraction of sp³-hybridized carbons (Fsp3) is 0.429. The van der Waals surface area contributed by atoms with Gasteiger partial charge in [-0.05, 0) is 48.6 Å². The third-order valence-corrected chi connectivity index (χ3v) is 5.13. The second-order valence-electron chi connectivity index (χ2n) is 7.03. The lowest BCUT2D eigenvalue weighted by Gasteiger charge is -2.32. The summed E-state index contributed by atoms with van der Waals surface area (Å²) in [5, 5.41) is 9.37. The molecule has 2 aliphatic rings. The molecule has 1 saturated heterocycles. The molecule has 2 atom stereocenters. The van der Waals surface area contributed by atoms with E-state index in [9.17, 15) is 5.11 Å². The lowest BCUT2D eigenvalue weighted by atomic mass is 9.98. The first-order valence-corrected chi connectivity index (χ1v) is 9.12. The number of hydrogen-bond donors (Lipinski definition) is 1. The first kappa shape index (κ1) is 16.4. The van der Waals surface area contributed by atoms with Crippen LogP contribution in [-0.2, 0) is 6.54 Å². The number of piperidine rings is 1. The summed E-state index contributed by atoms with van der Waals surface area (Å²) in [7, 11) is 0. The maximum atomic E-state index is 9.37. The normalized spacial score (nSPS) is 23.4. The van der Waals surface area contributed by atoms with Gasteiger partial charge in [0.05, 0.1) is 0 Å². The predicted molar refractivity (Wildman–Crippen MR) is 96.8 cm³/mol. The van der Waals surface area contributed by atoms with Crippen molar-refractivity contribution in [3.05, 3.63) is 59.7 Å². The van der Waals surface area contributed by atoms with Crippen LogP contribution in [0.2, 0.25) is 0 Å². The Hall–Kier alpha value is -2.04. The standard InChI is InChI=1S/C21H25NO3/c23-14-17-4-3-11-22(13-17)12-16-7-9-18(10-8-16)21-15-24-19-5-1-2-6-20(19)25-21/h1-2,5-10,17,21,23H,3-4,11-15H2. The van der Waals surface area contributed by atoms with E-state index in [0.717, 1.165) is 43.1 Å². The molecule has 4 nitrogen and oxygen atoms in total. The Balaban J connectivity index is 1.39. The molecular formula is C21H25NO3. The van der Waals surface area contributed by atoms with Gasteiger partial charge in [-0.25, -0.2) is 0 Å². The van der Waals surface area contributed by atoms with E-state index in [2.05, 4.69) is 29.2 Å². The highest BCUT2D eigenvalue weighted by Crippen LogP contribution is 2.35. The third kappa shape index (κ3) is 3.80. The van der Waals surface area contributed by atoms with Crippen molar-refractivity contribution in [2.24, 2.45) is 5.92 Å². The molecule has 0 aliphatic carbocycles. The van der Waals surface area contributed by atoms with Gasteiger partial charge in [0.25, 0.3) is 0 Å². The number of hydrogen-bond acceptors (Lipinski definition) is 4. The van der Waals surface area contributed by atoms with Gasteiger partial charge in [-0.3, -0.25) is 4.90 Å². The average Bonchev–Trinajstić information content (AvgIpc) is 2.68. The van der Waals surface area contributed by atoms with Crippen LogP contribution in [0.5, 0.6) is 11.5 Å². The highest BCUT2D eigenvalue weighted by atomic mass is 16.6. The van der Waals surface area contributed by atoms with Crippen molar-refractivity contribution in [3.8, 4) is 11.5 Å². The molecule has 0 radical (unpaired) electrons. The monoisotopic (exact) mass is 339 g/mol. The van der Waals surface area contributed by atoms with Gasteiger partial charge in [-0.2, -0.15) is 0 Å². The molecule has 2 aliphatic heterocycles. The first-order valence-electron chi connectivity index (χ1n) is 9.12. The Morgan fingerprint density at radius 1 is 1.04 bits per heavy atom. The minimum Gasteiger partial charge on any atom is -0.485 e. The minimum absolute atomic E-state index is 0.0577. The minimum atomic E-state index is -0.0577. The molecule has 0 amide bonds. The van der Waals surface area contributed by atoms with Gasteiger partial charge in [0, 0.05) is 19.7 Å². The maximum Gasteiger partial charge on any atom is 0.162 e. The quantitative estimate of drug-likeness (QED) is 0.927. The number of fused-ring (bicyclic) bond motifs is 1. The van der Waals surface area contributed by atoms with Crippen LogP contribution in [0.1, 0.15) is 30.1 Å². The molecule has 2 heterocycles. The van der Waals surface area contributed by atoms with Gasteiger partial charge in [-0.15, -0.1) is 0 Å². The summed E-state index contributed by atoms with van der Waals surface area (Å²) in [6.45, 7) is 3.90. The van der Waals surface area contributed by atoms with E-state index in [1.807, 2.05) is 24.3 Å². The Morgan fingerprint density at radius 3 is 2.64 bits per heavy atom. The third-order valence-electron chi connectivity index (χ3n) is 5.13. The molecular weight excluding hydrogens is 314 g/mol. The predicted octanol–water partition coefficient (Wildman–Crippen LogP) is 3.40. The Bertz CT molecular complexity index is 701. The van der Waals surface area contributed by atoms with Crippen LogP contribution in [0, 0.1) is 5.92 Å². The van der Waals surface area contributed by atoms with Gasteiger partial charge in [0.15, 0.2) is 17.6 Å². The van der Waals surface area contributed by atoms with E-state index in [4.69, 9.17) is 9.47 Å². The molecule has 0 bridgehead atoms.